The molecule has 0 aromatic heterocycles. The number of halogens is 3. The minimum absolute atomic E-state index is 0.166. The number of carboxylic acid groups (broad SMARTS) is 1. The summed E-state index contributed by atoms with van der Waals surface area (Å²) in [5.74, 6) is -2.37. The van der Waals surface area contributed by atoms with Gasteiger partial charge in [-0.15, -0.1) is 0 Å². The number of hydrogen-bond acceptors (Lipinski definition) is 3. The summed E-state index contributed by atoms with van der Waals surface area (Å²) in [5, 5.41) is 9.01. The summed E-state index contributed by atoms with van der Waals surface area (Å²) in [6, 6.07) is 7.35. The number of hydrogen-bond donors (Lipinski definition) is 2. The zero-order valence-corrected chi connectivity index (χ0v) is 13.8. The maximum atomic E-state index is 13.6. The third kappa shape index (κ3) is 3.23. The van der Waals surface area contributed by atoms with Gasteiger partial charge in [0.05, 0.1) is 10.7 Å². The van der Waals surface area contributed by atoms with Crippen LogP contribution in [0.5, 0.6) is 0 Å². The maximum Gasteiger partial charge on any atom is 0.339 e. The standard InChI is InChI=1S/C13H8BrClFNO4S/c14-7-5-6-9(11(12(7)15)13(18)19)17-22(20,21)10-4-2-1-3-8(10)16/h1-6,17H,(H,18,19). The molecule has 22 heavy (non-hydrogen) atoms. The molecule has 0 unspecified atom stereocenters. The molecular formula is C13H8BrClFNO4S. The molecule has 2 N–H and O–H groups in total. The van der Waals surface area contributed by atoms with E-state index in [1.807, 2.05) is 4.72 Å². The van der Waals surface area contributed by atoms with Crippen LogP contribution in [-0.4, -0.2) is 19.5 Å². The molecule has 0 aliphatic carbocycles. The Morgan fingerprint density at radius 1 is 1.23 bits per heavy atom. The predicted molar refractivity (Wildman–Crippen MR) is 83.3 cm³/mol. The van der Waals surface area contributed by atoms with Crippen LogP contribution in [-0.2, 0) is 10.0 Å². The molecule has 9 heteroatoms. The van der Waals surface area contributed by atoms with Crippen LogP contribution in [0.2, 0.25) is 5.02 Å². The van der Waals surface area contributed by atoms with Gasteiger partial charge in [-0.1, -0.05) is 23.7 Å². The quantitative estimate of drug-likeness (QED) is 0.807. The Morgan fingerprint density at radius 2 is 1.86 bits per heavy atom. The minimum Gasteiger partial charge on any atom is -0.478 e. The SMILES string of the molecule is O=C(O)c1c(NS(=O)(=O)c2ccccc2F)ccc(Br)c1Cl. The van der Waals surface area contributed by atoms with Gasteiger partial charge in [0, 0.05) is 4.47 Å². The van der Waals surface area contributed by atoms with Gasteiger partial charge in [-0.25, -0.2) is 17.6 Å². The van der Waals surface area contributed by atoms with Crippen LogP contribution in [0.1, 0.15) is 10.4 Å². The first-order chi connectivity index (χ1) is 10.2. The topological polar surface area (TPSA) is 83.5 Å². The number of benzene rings is 2. The summed E-state index contributed by atoms with van der Waals surface area (Å²) in [6.07, 6.45) is 0. The van der Waals surface area contributed by atoms with Gasteiger partial charge in [0.2, 0.25) is 0 Å². The van der Waals surface area contributed by atoms with Crippen LogP contribution in [0.25, 0.3) is 0 Å². The second-order valence-corrected chi connectivity index (χ2v) is 7.01. The lowest BCUT2D eigenvalue weighted by Gasteiger charge is -2.12. The van der Waals surface area contributed by atoms with Gasteiger partial charge >= 0.3 is 5.97 Å². The second-order valence-electron chi connectivity index (χ2n) is 4.13. The molecule has 2 aromatic carbocycles. The molecule has 0 saturated heterocycles. The number of aromatic carboxylic acids is 1. The lowest BCUT2D eigenvalue weighted by molar-refractivity contribution is 0.0698. The van der Waals surface area contributed by atoms with Crippen LogP contribution >= 0.6 is 27.5 Å². The molecule has 0 amide bonds. The molecule has 2 rings (SSSR count). The highest BCUT2D eigenvalue weighted by Gasteiger charge is 2.24. The lowest BCUT2D eigenvalue weighted by atomic mass is 10.2. The molecule has 0 fully saturated rings. The second kappa shape index (κ2) is 6.23. The Labute approximate surface area is 138 Å². The summed E-state index contributed by atoms with van der Waals surface area (Å²) in [5.41, 5.74) is -0.695. The third-order valence-electron chi connectivity index (χ3n) is 2.68. The Bertz CT molecular complexity index is 857. The molecule has 116 valence electrons. The molecule has 0 bridgehead atoms. The first kappa shape index (κ1) is 16.7. The normalized spacial score (nSPS) is 11.2. The molecule has 5 nitrogen and oxygen atoms in total. The van der Waals surface area contributed by atoms with Gasteiger partial charge in [0.1, 0.15) is 16.3 Å². The van der Waals surface area contributed by atoms with Crippen molar-refractivity contribution in [3.63, 3.8) is 0 Å². The molecule has 0 aliphatic rings. The van der Waals surface area contributed by atoms with Gasteiger partial charge in [-0.3, -0.25) is 4.72 Å². The first-order valence-corrected chi connectivity index (χ1v) is 8.38. The fourth-order valence-electron chi connectivity index (χ4n) is 1.71. The summed E-state index contributed by atoms with van der Waals surface area (Å²) >= 11 is 8.92. The Balaban J connectivity index is 2.54. The maximum absolute atomic E-state index is 13.6. The van der Waals surface area contributed by atoms with Crippen molar-refractivity contribution in [3.05, 3.63) is 57.3 Å². The molecule has 0 heterocycles. The fraction of sp³-hybridized carbons (Fsp3) is 0. The van der Waals surface area contributed by atoms with E-state index in [1.165, 1.54) is 24.3 Å². The van der Waals surface area contributed by atoms with E-state index in [4.69, 9.17) is 11.6 Å². The van der Waals surface area contributed by atoms with E-state index >= 15 is 0 Å². The zero-order valence-electron chi connectivity index (χ0n) is 10.7. The smallest absolute Gasteiger partial charge is 0.339 e. The molecule has 0 atom stereocenters. The van der Waals surface area contributed by atoms with Gasteiger partial charge in [-0.05, 0) is 40.2 Å². The molecule has 2 aromatic rings. The first-order valence-electron chi connectivity index (χ1n) is 5.72. The van der Waals surface area contributed by atoms with Gasteiger partial charge in [0.15, 0.2) is 0 Å². The van der Waals surface area contributed by atoms with E-state index in [0.717, 1.165) is 12.1 Å². The van der Waals surface area contributed by atoms with Crippen molar-refractivity contribution in [3.8, 4) is 0 Å². The van der Waals surface area contributed by atoms with Crippen molar-refractivity contribution in [2.75, 3.05) is 4.72 Å². The Morgan fingerprint density at radius 3 is 2.45 bits per heavy atom. The average Bonchev–Trinajstić information content (AvgIpc) is 2.42. The molecular weight excluding hydrogens is 401 g/mol. The van der Waals surface area contributed by atoms with Crippen molar-refractivity contribution >= 4 is 49.2 Å². The van der Waals surface area contributed by atoms with E-state index in [0.29, 0.717) is 4.47 Å². The number of sulfonamides is 1. The molecule has 0 spiro atoms. The summed E-state index contributed by atoms with van der Waals surface area (Å²) in [7, 11) is -4.29. The predicted octanol–water partition coefficient (Wildman–Crippen LogP) is 3.74. The molecule has 0 saturated carbocycles. The number of carbonyl (C=O) groups is 1. The van der Waals surface area contributed by atoms with Crippen LogP contribution < -0.4 is 4.72 Å². The van der Waals surface area contributed by atoms with E-state index < -0.39 is 32.3 Å². The highest BCUT2D eigenvalue weighted by atomic mass is 79.9. The summed E-state index contributed by atoms with van der Waals surface area (Å²) in [4.78, 5) is 10.7. The summed E-state index contributed by atoms with van der Waals surface area (Å²) in [6.45, 7) is 0. The Kier molecular flexibility index (Phi) is 4.74. The van der Waals surface area contributed by atoms with Crippen molar-refractivity contribution < 1.29 is 22.7 Å². The average molecular weight is 409 g/mol. The highest BCUT2D eigenvalue weighted by Crippen LogP contribution is 2.33. The largest absolute Gasteiger partial charge is 0.478 e. The zero-order chi connectivity index (χ0) is 16.5. The van der Waals surface area contributed by atoms with Crippen LogP contribution in [0.4, 0.5) is 10.1 Å². The number of carboxylic acids is 1. The lowest BCUT2D eigenvalue weighted by Crippen LogP contribution is -2.17. The van der Waals surface area contributed by atoms with E-state index in [9.17, 15) is 22.7 Å². The van der Waals surface area contributed by atoms with Crippen LogP contribution in [0.15, 0.2) is 45.8 Å². The number of anilines is 1. The molecule has 0 radical (unpaired) electrons. The number of rotatable bonds is 4. The minimum atomic E-state index is -4.29. The van der Waals surface area contributed by atoms with Crippen molar-refractivity contribution in [1.82, 2.24) is 0 Å². The fourth-order valence-corrected chi connectivity index (χ4v) is 3.44. The van der Waals surface area contributed by atoms with Gasteiger partial charge in [0.25, 0.3) is 10.0 Å². The van der Waals surface area contributed by atoms with Crippen LogP contribution in [0.3, 0.4) is 0 Å². The van der Waals surface area contributed by atoms with Gasteiger partial charge in [-0.2, -0.15) is 0 Å². The summed E-state index contributed by atoms with van der Waals surface area (Å²) < 4.78 is 40.3. The van der Waals surface area contributed by atoms with Crippen molar-refractivity contribution in [1.29, 1.82) is 0 Å². The van der Waals surface area contributed by atoms with E-state index in [-0.39, 0.29) is 10.7 Å². The third-order valence-corrected chi connectivity index (χ3v) is 5.36. The van der Waals surface area contributed by atoms with E-state index in [2.05, 4.69) is 15.9 Å². The number of nitrogens with one attached hydrogen (secondary N) is 1. The van der Waals surface area contributed by atoms with Gasteiger partial charge < -0.3 is 5.11 Å². The van der Waals surface area contributed by atoms with Crippen molar-refractivity contribution in [2.24, 2.45) is 0 Å². The monoisotopic (exact) mass is 407 g/mol. The highest BCUT2D eigenvalue weighted by molar-refractivity contribution is 9.10. The molecule has 0 aliphatic heterocycles. The van der Waals surface area contributed by atoms with E-state index in [1.54, 1.807) is 0 Å². The van der Waals surface area contributed by atoms with Crippen LogP contribution in [0, 0.1) is 5.82 Å². The van der Waals surface area contributed by atoms with Crippen molar-refractivity contribution in [2.45, 2.75) is 4.90 Å². The Hall–Kier alpha value is -1.64.